The molecule has 0 saturated carbocycles. The first-order valence-electron chi connectivity index (χ1n) is 4.55. The van der Waals surface area contributed by atoms with Gasteiger partial charge in [0.05, 0.1) is 7.11 Å². The van der Waals surface area contributed by atoms with Crippen molar-refractivity contribution in [1.29, 1.82) is 0 Å². The molecule has 0 fully saturated rings. The van der Waals surface area contributed by atoms with E-state index in [2.05, 4.69) is 9.73 Å². The topological polar surface area (TPSA) is 76.0 Å². The quantitative estimate of drug-likeness (QED) is 0.788. The molecule has 16 heavy (non-hydrogen) atoms. The van der Waals surface area contributed by atoms with E-state index >= 15 is 0 Å². The number of carboxylic acids is 1. The third-order valence-corrected chi connectivity index (χ3v) is 1.93. The lowest BCUT2D eigenvalue weighted by Gasteiger charge is -2.06. The summed E-state index contributed by atoms with van der Waals surface area (Å²) in [5.74, 6) is -2.01. The van der Waals surface area contributed by atoms with Crippen molar-refractivity contribution in [2.45, 2.75) is 5.92 Å². The van der Waals surface area contributed by atoms with Crippen LogP contribution in [0.15, 0.2) is 35.3 Å². The summed E-state index contributed by atoms with van der Waals surface area (Å²) in [7, 11) is 1.18. The normalized spacial score (nSPS) is 12.3. The van der Waals surface area contributed by atoms with Crippen molar-refractivity contribution in [2.24, 2.45) is 4.99 Å². The Hall–Kier alpha value is -2.17. The second kappa shape index (κ2) is 5.65. The Kier molecular flexibility index (Phi) is 4.20. The maximum atomic E-state index is 11.0. The predicted octanol–water partition coefficient (Wildman–Crippen LogP) is 1.69. The molecule has 0 radical (unpaired) electrons. The first-order chi connectivity index (χ1) is 7.65. The molecule has 5 nitrogen and oxygen atoms in total. The van der Waals surface area contributed by atoms with E-state index in [1.165, 1.54) is 7.11 Å². The highest BCUT2D eigenvalue weighted by Gasteiger charge is 2.17. The Morgan fingerprint density at radius 3 is 2.50 bits per heavy atom. The van der Waals surface area contributed by atoms with Crippen molar-refractivity contribution in [3.63, 3.8) is 0 Å². The van der Waals surface area contributed by atoms with E-state index < -0.39 is 18.0 Å². The first kappa shape index (κ1) is 11.9. The summed E-state index contributed by atoms with van der Waals surface area (Å²) in [6.45, 7) is 0. The van der Waals surface area contributed by atoms with Crippen molar-refractivity contribution in [3.05, 3.63) is 35.9 Å². The number of carboxylic acid groups (broad SMARTS) is 1. The molecule has 0 bridgehead atoms. The molecule has 0 spiro atoms. The summed E-state index contributed by atoms with van der Waals surface area (Å²) in [6.07, 6.45) is 0.242. The number of amides is 1. The maximum Gasteiger partial charge on any atom is 0.432 e. The smallest absolute Gasteiger partial charge is 0.432 e. The highest BCUT2D eigenvalue weighted by Crippen LogP contribution is 2.13. The van der Waals surface area contributed by atoms with Gasteiger partial charge < -0.3 is 9.84 Å². The highest BCUT2D eigenvalue weighted by molar-refractivity contribution is 5.98. The van der Waals surface area contributed by atoms with Crippen LogP contribution < -0.4 is 0 Å². The van der Waals surface area contributed by atoms with Crippen LogP contribution in [0, 0.1) is 0 Å². The van der Waals surface area contributed by atoms with Crippen LogP contribution >= 0.6 is 0 Å². The van der Waals surface area contributed by atoms with Crippen LogP contribution in [-0.2, 0) is 9.53 Å². The fraction of sp³-hybridized carbons (Fsp3) is 0.182. The Balaban J connectivity index is 2.89. The van der Waals surface area contributed by atoms with Crippen LogP contribution in [0.5, 0.6) is 0 Å². The molecule has 1 unspecified atom stereocenters. The molecule has 1 aromatic rings. The van der Waals surface area contributed by atoms with E-state index in [0.717, 1.165) is 6.21 Å². The van der Waals surface area contributed by atoms with Crippen LogP contribution in [0.4, 0.5) is 4.79 Å². The summed E-state index contributed by atoms with van der Waals surface area (Å²) >= 11 is 0. The fourth-order valence-corrected chi connectivity index (χ4v) is 1.14. The lowest BCUT2D eigenvalue weighted by Crippen LogP contribution is -2.13. The van der Waals surface area contributed by atoms with Crippen LogP contribution in [0.1, 0.15) is 11.5 Å². The molecule has 84 valence electrons. The van der Waals surface area contributed by atoms with E-state index in [9.17, 15) is 9.59 Å². The van der Waals surface area contributed by atoms with Gasteiger partial charge in [0, 0.05) is 6.21 Å². The molecule has 0 aliphatic carbocycles. The second-order valence-electron chi connectivity index (χ2n) is 2.97. The van der Waals surface area contributed by atoms with Crippen molar-refractivity contribution in [1.82, 2.24) is 0 Å². The number of hydrogen-bond donors (Lipinski definition) is 1. The summed E-state index contributed by atoms with van der Waals surface area (Å²) in [5, 5.41) is 8.97. The number of hydrogen-bond acceptors (Lipinski definition) is 3. The number of nitrogens with zero attached hydrogens (tertiary/aromatic N) is 1. The van der Waals surface area contributed by atoms with Gasteiger partial charge in [0.2, 0.25) is 0 Å². The van der Waals surface area contributed by atoms with Gasteiger partial charge >= 0.3 is 12.1 Å². The zero-order valence-electron chi connectivity index (χ0n) is 8.66. The van der Waals surface area contributed by atoms with E-state index in [1.807, 2.05) is 0 Å². The van der Waals surface area contributed by atoms with Crippen molar-refractivity contribution in [3.8, 4) is 0 Å². The minimum atomic E-state index is -1.07. The van der Waals surface area contributed by atoms with Crippen molar-refractivity contribution in [2.75, 3.05) is 7.11 Å². The number of carbonyl (C=O) groups excluding carboxylic acids is 1. The Morgan fingerprint density at radius 1 is 1.38 bits per heavy atom. The molecule has 1 amide bonds. The molecule has 0 heterocycles. The Bertz CT molecular complexity index is 400. The molecule has 1 aromatic carbocycles. The molecular formula is C11H11NO4. The van der Waals surface area contributed by atoms with E-state index in [4.69, 9.17) is 5.11 Å². The minimum absolute atomic E-state index is 0.558. The zero-order chi connectivity index (χ0) is 12.0. The van der Waals surface area contributed by atoms with Gasteiger partial charge in [-0.15, -0.1) is 0 Å². The number of rotatable bonds is 3. The van der Waals surface area contributed by atoms with Gasteiger partial charge in [-0.1, -0.05) is 30.3 Å². The number of benzene rings is 1. The van der Waals surface area contributed by atoms with E-state index in [0.29, 0.717) is 5.56 Å². The highest BCUT2D eigenvalue weighted by atomic mass is 16.5. The average molecular weight is 221 g/mol. The van der Waals surface area contributed by atoms with Gasteiger partial charge in [-0.3, -0.25) is 4.79 Å². The molecule has 5 heteroatoms. The largest absolute Gasteiger partial charge is 0.481 e. The van der Waals surface area contributed by atoms with Gasteiger partial charge in [0.1, 0.15) is 5.92 Å². The predicted molar refractivity (Wildman–Crippen MR) is 57.7 cm³/mol. The molecule has 1 atom stereocenters. The number of aliphatic carboxylic acids is 1. The van der Waals surface area contributed by atoms with Gasteiger partial charge in [0.25, 0.3) is 0 Å². The van der Waals surface area contributed by atoms with Crippen LogP contribution in [0.3, 0.4) is 0 Å². The number of ether oxygens (including phenoxy) is 1. The van der Waals surface area contributed by atoms with Crippen LogP contribution in [-0.4, -0.2) is 30.5 Å². The van der Waals surface area contributed by atoms with Gasteiger partial charge in [-0.25, -0.2) is 4.79 Å². The number of methoxy groups -OCH3 is 1. The molecule has 1 rings (SSSR count). The second-order valence-corrected chi connectivity index (χ2v) is 2.97. The molecule has 0 saturated heterocycles. The summed E-state index contributed by atoms with van der Waals surface area (Å²) in [5.41, 5.74) is 0.558. The molecule has 1 N–H and O–H groups in total. The summed E-state index contributed by atoms with van der Waals surface area (Å²) in [6, 6.07) is 8.53. The molecule has 0 aliphatic heterocycles. The Morgan fingerprint density at radius 2 is 2.00 bits per heavy atom. The lowest BCUT2D eigenvalue weighted by atomic mass is 10.0. The standard InChI is InChI=1S/C11H11NO4/c1-16-11(15)12-7-9(10(13)14)8-5-3-2-4-6-8/h2-7,9H,1H3,(H,13,14). The number of aliphatic imine (C=N–C) groups is 1. The lowest BCUT2D eigenvalue weighted by molar-refractivity contribution is -0.136. The fourth-order valence-electron chi connectivity index (χ4n) is 1.14. The monoisotopic (exact) mass is 221 g/mol. The van der Waals surface area contributed by atoms with E-state index in [-0.39, 0.29) is 0 Å². The molecule has 0 aromatic heterocycles. The number of carbonyl (C=O) groups is 2. The Labute approximate surface area is 92.4 Å². The average Bonchev–Trinajstić information content (AvgIpc) is 2.30. The van der Waals surface area contributed by atoms with Crippen molar-refractivity contribution >= 4 is 18.3 Å². The summed E-state index contributed by atoms with van der Waals surface area (Å²) < 4.78 is 4.29. The zero-order valence-corrected chi connectivity index (χ0v) is 8.66. The van der Waals surface area contributed by atoms with Gasteiger partial charge in [-0.2, -0.15) is 4.99 Å². The first-order valence-corrected chi connectivity index (χ1v) is 4.55. The van der Waals surface area contributed by atoms with Crippen LogP contribution in [0.2, 0.25) is 0 Å². The van der Waals surface area contributed by atoms with Crippen LogP contribution in [0.25, 0.3) is 0 Å². The van der Waals surface area contributed by atoms with Crippen molar-refractivity contribution < 1.29 is 19.4 Å². The van der Waals surface area contributed by atoms with Gasteiger partial charge in [-0.05, 0) is 5.56 Å². The SMILES string of the molecule is COC(=O)N=CC(C(=O)O)c1ccccc1. The maximum absolute atomic E-state index is 11.0. The molecule has 0 aliphatic rings. The summed E-state index contributed by atoms with van der Waals surface area (Å²) in [4.78, 5) is 25.1. The van der Waals surface area contributed by atoms with Gasteiger partial charge in [0.15, 0.2) is 0 Å². The van der Waals surface area contributed by atoms with E-state index in [1.54, 1.807) is 30.3 Å². The molecular weight excluding hydrogens is 210 g/mol. The third-order valence-electron chi connectivity index (χ3n) is 1.93. The minimum Gasteiger partial charge on any atom is -0.481 e. The third kappa shape index (κ3) is 3.20.